The number of alkyl halides is 6. The van der Waals surface area contributed by atoms with Gasteiger partial charge in [0.2, 0.25) is 0 Å². The van der Waals surface area contributed by atoms with E-state index < -0.39 is 40.1 Å². The van der Waals surface area contributed by atoms with Gasteiger partial charge in [-0.1, -0.05) is 11.8 Å². The molecule has 0 saturated carbocycles. The third kappa shape index (κ3) is 14.3. The van der Waals surface area contributed by atoms with E-state index in [-0.39, 0.29) is 65.0 Å². The number of fused-ring (bicyclic) bond motifs is 1. The molecule has 0 fully saturated rings. The number of aromatic nitrogens is 1. The first kappa shape index (κ1) is 49.2. The fourth-order valence-electron chi connectivity index (χ4n) is 1.97. The first-order valence-corrected chi connectivity index (χ1v) is 7.41. The summed E-state index contributed by atoms with van der Waals surface area (Å²) in [5.74, 6) is -1.72. The van der Waals surface area contributed by atoms with E-state index in [0.717, 1.165) is 26.4 Å². The van der Waals surface area contributed by atoms with E-state index >= 15 is 0 Å². The Kier molecular flexibility index (Phi) is 32.9. The quantitative estimate of drug-likeness (QED) is 0.205. The van der Waals surface area contributed by atoms with Crippen LogP contribution < -0.4 is 5.11 Å². The molecule has 1 heterocycles. The number of benzene rings is 1. The summed E-state index contributed by atoms with van der Waals surface area (Å²) in [5, 5.41) is 24.5. The summed E-state index contributed by atoms with van der Waals surface area (Å²) in [7, 11) is 2.00. The molecule has 0 bridgehead atoms. The number of aliphatic hydroxyl groups is 2. The van der Waals surface area contributed by atoms with Crippen LogP contribution >= 0.6 is 0 Å². The molecule has 200 valence electrons. The molecule has 34 heavy (non-hydrogen) atoms. The number of nitrogens with zero attached hydrogens (tertiary/aromatic N) is 1. The van der Waals surface area contributed by atoms with Gasteiger partial charge in [0.1, 0.15) is 0 Å². The van der Waals surface area contributed by atoms with E-state index in [1.807, 2.05) is 30.3 Å². The molecule has 1 aromatic heterocycles. The predicted molar refractivity (Wildman–Crippen MR) is 122 cm³/mol. The summed E-state index contributed by atoms with van der Waals surface area (Å²) in [4.78, 5) is 3.26. The Morgan fingerprint density at radius 3 is 1.47 bits per heavy atom. The summed E-state index contributed by atoms with van der Waals surface area (Å²) in [5.41, 5.74) is -3.56. The molecule has 3 aromatic rings. The number of rotatable bonds is 0. The van der Waals surface area contributed by atoms with Crippen molar-refractivity contribution < 1.29 is 63.4 Å². The monoisotopic (exact) mass is 532 g/mol. The molecule has 0 spiro atoms. The first-order valence-electron chi connectivity index (χ1n) is 7.41. The van der Waals surface area contributed by atoms with Gasteiger partial charge in [0.15, 0.2) is 0 Å². The molecule has 4 nitrogen and oxygen atoms in total. The van der Waals surface area contributed by atoms with Gasteiger partial charge in [-0.3, -0.25) is 4.98 Å². The maximum absolute atomic E-state index is 12.7. The minimum Gasteiger partial charge on any atom is -0.872 e. The van der Waals surface area contributed by atoms with Crippen molar-refractivity contribution in [2.45, 2.75) is 12.4 Å². The fraction of sp³-hybridized carbons (Fsp3) is 0.174. The Hall–Kier alpha value is -2.01. The Balaban J connectivity index is -0.0000000847. The Labute approximate surface area is 214 Å². The van der Waals surface area contributed by atoms with E-state index in [1.165, 1.54) is 0 Å². The molecular weight excluding hydrogens is 500 g/mol. The van der Waals surface area contributed by atoms with Crippen LogP contribution in [0.5, 0.6) is 5.75 Å². The predicted octanol–water partition coefficient (Wildman–Crippen LogP) is 6.22. The summed E-state index contributed by atoms with van der Waals surface area (Å²) in [6.07, 6.45) is -9.73. The summed E-state index contributed by atoms with van der Waals surface area (Å²) in [6, 6.07) is 12.6. The minimum atomic E-state index is -5.04. The van der Waals surface area contributed by atoms with Crippen molar-refractivity contribution in [1.82, 2.24) is 4.98 Å². The van der Waals surface area contributed by atoms with Crippen LogP contribution in [0.2, 0.25) is 0 Å². The zero-order chi connectivity index (χ0) is 22.0. The molecule has 0 amide bonds. The van der Waals surface area contributed by atoms with Crippen molar-refractivity contribution in [3.8, 4) is 5.75 Å². The van der Waals surface area contributed by atoms with Crippen molar-refractivity contribution in [2.75, 3.05) is 14.2 Å². The molecular formula is C23H32F6NO3Ti-7. The molecule has 11 heteroatoms. The summed E-state index contributed by atoms with van der Waals surface area (Å²) >= 11 is 0. The van der Waals surface area contributed by atoms with Crippen LogP contribution in [-0.4, -0.2) is 29.4 Å². The Bertz CT molecular complexity index is 807. The van der Waals surface area contributed by atoms with Gasteiger partial charge in [0.25, 0.3) is 0 Å². The van der Waals surface area contributed by atoms with E-state index in [4.69, 9.17) is 10.2 Å². The van der Waals surface area contributed by atoms with Gasteiger partial charge in [-0.25, -0.2) is 12.1 Å². The van der Waals surface area contributed by atoms with Crippen molar-refractivity contribution in [3.05, 3.63) is 103 Å². The van der Waals surface area contributed by atoms with Crippen LogP contribution in [0, 0.1) is 37.1 Å². The van der Waals surface area contributed by atoms with Gasteiger partial charge in [0.05, 0.1) is 16.6 Å². The molecule has 0 radical (unpaired) electrons. The maximum atomic E-state index is 12.7. The van der Waals surface area contributed by atoms with Gasteiger partial charge in [-0.05, 0) is 12.1 Å². The van der Waals surface area contributed by atoms with Crippen LogP contribution in [-0.2, 0) is 34.1 Å². The Morgan fingerprint density at radius 2 is 1.15 bits per heavy atom. The largest absolute Gasteiger partial charge is 0.872 e. The van der Waals surface area contributed by atoms with Crippen molar-refractivity contribution in [1.29, 1.82) is 0 Å². The molecule has 0 saturated heterocycles. The Morgan fingerprint density at radius 1 is 0.735 bits per heavy atom. The molecule has 0 aliphatic heterocycles. The SMILES string of the molecule is CO.CO.[CH3-].[CH3-].[CH3-].[CH3-].[CH3-].[O-]c1c(C(F)(F)F)cnc2cccc(C(F)(F)F)c12.[Ti].c1cc[cH-]c1. The van der Waals surface area contributed by atoms with Crippen molar-refractivity contribution in [2.24, 2.45) is 0 Å². The minimum absolute atomic E-state index is 0. The third-order valence-electron chi connectivity index (χ3n) is 3.01. The topological polar surface area (TPSA) is 76.4 Å². The van der Waals surface area contributed by atoms with E-state index in [9.17, 15) is 31.4 Å². The second kappa shape index (κ2) is 22.8. The summed E-state index contributed by atoms with van der Waals surface area (Å²) in [6.45, 7) is 0. The van der Waals surface area contributed by atoms with Gasteiger partial charge >= 0.3 is 12.4 Å². The van der Waals surface area contributed by atoms with Gasteiger partial charge < -0.3 is 52.5 Å². The van der Waals surface area contributed by atoms with Crippen LogP contribution in [0.4, 0.5) is 26.3 Å². The van der Waals surface area contributed by atoms with Crippen molar-refractivity contribution >= 4 is 10.9 Å². The van der Waals surface area contributed by atoms with Crippen LogP contribution in [0.25, 0.3) is 10.9 Å². The zero-order valence-corrected chi connectivity index (χ0v) is 21.8. The standard InChI is InChI=1S/C11H5F6NO.C5H5.2CH4O.5CH3.Ti/c12-10(13,14)5-2-1-3-7-8(5)9(19)6(4-18-7)11(15,16)17;1-2-4-5-3-1;2*1-2;;;;;;/h1-4H,(H,18,19);1-5H;2*2H,1H3;5*1H3;/q;-1;;;5*-1;/p-1. The molecule has 2 N–H and O–H groups in total. The van der Waals surface area contributed by atoms with E-state index in [2.05, 4.69) is 4.98 Å². The van der Waals surface area contributed by atoms with Crippen molar-refractivity contribution in [3.63, 3.8) is 0 Å². The molecule has 3 rings (SSSR count). The average Bonchev–Trinajstić information content (AvgIpc) is 3.23. The van der Waals surface area contributed by atoms with Gasteiger partial charge in [-0.15, -0.1) is 0 Å². The first-order chi connectivity index (χ1) is 13.1. The molecule has 2 aromatic carbocycles. The molecule has 0 aliphatic rings. The van der Waals surface area contributed by atoms with E-state index in [0.29, 0.717) is 6.07 Å². The molecule has 0 aliphatic carbocycles. The third-order valence-corrected chi connectivity index (χ3v) is 3.01. The van der Waals surface area contributed by atoms with E-state index in [1.54, 1.807) is 0 Å². The molecule has 0 atom stereocenters. The number of hydrogen-bond acceptors (Lipinski definition) is 4. The van der Waals surface area contributed by atoms with Crippen LogP contribution in [0.1, 0.15) is 11.1 Å². The number of hydrogen-bond donors (Lipinski definition) is 2. The maximum Gasteiger partial charge on any atom is 0.417 e. The zero-order valence-electron chi connectivity index (χ0n) is 20.2. The van der Waals surface area contributed by atoms with Gasteiger partial charge in [-0.2, -0.15) is 44.5 Å². The second-order valence-electron chi connectivity index (χ2n) is 4.66. The number of pyridine rings is 1. The average molecular weight is 532 g/mol. The summed E-state index contributed by atoms with van der Waals surface area (Å²) < 4.78 is 75.5. The fourth-order valence-corrected chi connectivity index (χ4v) is 1.97. The smallest absolute Gasteiger partial charge is 0.417 e. The molecule has 0 unspecified atom stereocenters. The van der Waals surface area contributed by atoms with Gasteiger partial charge in [0, 0.05) is 47.5 Å². The number of aliphatic hydroxyl groups excluding tert-OH is 2. The van der Waals surface area contributed by atoms with Crippen LogP contribution in [0.3, 0.4) is 0 Å². The number of halogens is 6. The second-order valence-corrected chi connectivity index (χ2v) is 4.66. The van der Waals surface area contributed by atoms with Crippen LogP contribution in [0.15, 0.2) is 54.7 Å². The normalized spacial score (nSPS) is 8.76.